The monoisotopic (exact) mass is 506 g/mol. The Bertz CT molecular complexity index is 1410. The molecule has 1 amide bonds. The molecule has 4 rings (SSSR count). The summed E-state index contributed by atoms with van der Waals surface area (Å²) in [6.07, 6.45) is 0. The molecule has 0 saturated heterocycles. The maximum Gasteiger partial charge on any atom is 0.264 e. The zero-order chi connectivity index (χ0) is 24.8. The molecule has 8 heteroatoms. The molecule has 0 aromatic heterocycles. The number of carbonyl (C=O) groups is 1. The van der Waals surface area contributed by atoms with Gasteiger partial charge in [0, 0.05) is 10.7 Å². The highest BCUT2D eigenvalue weighted by Crippen LogP contribution is 2.28. The van der Waals surface area contributed by atoms with Crippen LogP contribution >= 0.6 is 11.6 Å². The van der Waals surface area contributed by atoms with Crippen LogP contribution in [0.15, 0.2) is 108 Å². The van der Waals surface area contributed by atoms with E-state index in [0.29, 0.717) is 27.9 Å². The van der Waals surface area contributed by atoms with Crippen LogP contribution < -0.4 is 14.4 Å². The Labute approximate surface area is 209 Å². The van der Waals surface area contributed by atoms with Gasteiger partial charge in [-0.15, -0.1) is 0 Å². The van der Waals surface area contributed by atoms with Gasteiger partial charge in [-0.3, -0.25) is 9.10 Å². The summed E-state index contributed by atoms with van der Waals surface area (Å²) < 4.78 is 33.9. The average Bonchev–Trinajstić information content (AvgIpc) is 2.86. The van der Waals surface area contributed by atoms with E-state index in [1.807, 2.05) is 37.3 Å². The molecule has 35 heavy (non-hydrogen) atoms. The Morgan fingerprint density at radius 1 is 0.857 bits per heavy atom. The number of hydrogen-bond donors (Lipinski definition) is 1. The second-order valence-corrected chi connectivity index (χ2v) is 10.0. The van der Waals surface area contributed by atoms with Crippen LogP contribution in [-0.4, -0.2) is 20.9 Å². The first-order chi connectivity index (χ1) is 16.8. The highest BCUT2D eigenvalue weighted by atomic mass is 35.5. The van der Waals surface area contributed by atoms with Gasteiger partial charge in [-0.2, -0.15) is 0 Å². The van der Waals surface area contributed by atoms with Gasteiger partial charge in [-0.25, -0.2) is 8.42 Å². The predicted octanol–water partition coefficient (Wildman–Crippen LogP) is 6.27. The highest BCUT2D eigenvalue weighted by Gasteiger charge is 2.27. The number of aryl methyl sites for hydroxylation is 1. The van der Waals surface area contributed by atoms with Gasteiger partial charge >= 0.3 is 0 Å². The molecule has 0 unspecified atom stereocenters. The second kappa shape index (κ2) is 10.6. The maximum atomic E-state index is 13.5. The Morgan fingerprint density at radius 3 is 2.11 bits per heavy atom. The number of nitrogens with one attached hydrogen (secondary N) is 1. The van der Waals surface area contributed by atoms with Crippen molar-refractivity contribution < 1.29 is 17.9 Å². The van der Waals surface area contributed by atoms with Gasteiger partial charge in [0.1, 0.15) is 18.0 Å². The van der Waals surface area contributed by atoms with Crippen molar-refractivity contribution in [1.29, 1.82) is 0 Å². The smallest absolute Gasteiger partial charge is 0.264 e. The van der Waals surface area contributed by atoms with Crippen molar-refractivity contribution in [2.75, 3.05) is 16.2 Å². The molecule has 4 aromatic carbocycles. The number of halogens is 1. The van der Waals surface area contributed by atoms with E-state index < -0.39 is 22.5 Å². The number of benzene rings is 4. The lowest BCUT2D eigenvalue weighted by Gasteiger charge is -2.24. The van der Waals surface area contributed by atoms with Crippen molar-refractivity contribution in [3.05, 3.63) is 114 Å². The molecule has 0 bridgehead atoms. The van der Waals surface area contributed by atoms with Crippen LogP contribution in [-0.2, 0) is 14.8 Å². The molecule has 0 aliphatic carbocycles. The summed E-state index contributed by atoms with van der Waals surface area (Å²) in [4.78, 5) is 13.0. The van der Waals surface area contributed by atoms with Crippen LogP contribution in [0.1, 0.15) is 5.56 Å². The van der Waals surface area contributed by atoms with E-state index in [-0.39, 0.29) is 4.90 Å². The highest BCUT2D eigenvalue weighted by molar-refractivity contribution is 7.92. The Morgan fingerprint density at radius 2 is 1.46 bits per heavy atom. The van der Waals surface area contributed by atoms with Gasteiger partial charge in [0.25, 0.3) is 10.0 Å². The SMILES string of the molecule is Cc1ccc(Cl)cc1NC(=O)CN(c1ccc(Oc2ccccc2)cc1)S(=O)(=O)c1ccccc1. The third kappa shape index (κ3) is 6.01. The van der Waals surface area contributed by atoms with E-state index in [4.69, 9.17) is 16.3 Å². The van der Waals surface area contributed by atoms with E-state index in [1.165, 1.54) is 12.1 Å². The predicted molar refractivity (Wildman–Crippen MR) is 139 cm³/mol. The van der Waals surface area contributed by atoms with Crippen molar-refractivity contribution in [3.63, 3.8) is 0 Å². The molecule has 6 nitrogen and oxygen atoms in total. The zero-order valence-electron chi connectivity index (χ0n) is 18.9. The van der Waals surface area contributed by atoms with Gasteiger partial charge in [0.15, 0.2) is 0 Å². The maximum absolute atomic E-state index is 13.5. The molecular weight excluding hydrogens is 484 g/mol. The van der Waals surface area contributed by atoms with Crippen molar-refractivity contribution >= 4 is 38.9 Å². The Balaban J connectivity index is 1.63. The number of sulfonamides is 1. The van der Waals surface area contributed by atoms with Crippen molar-refractivity contribution in [2.24, 2.45) is 0 Å². The van der Waals surface area contributed by atoms with Gasteiger partial charge < -0.3 is 10.1 Å². The molecular formula is C27H23ClN2O4S. The van der Waals surface area contributed by atoms with Crippen LogP contribution in [0.3, 0.4) is 0 Å². The fourth-order valence-corrected chi connectivity index (χ4v) is 5.00. The number of para-hydroxylation sites is 1. The summed E-state index contributed by atoms with van der Waals surface area (Å²) in [7, 11) is -4.03. The topological polar surface area (TPSA) is 75.7 Å². The minimum absolute atomic E-state index is 0.0800. The average molecular weight is 507 g/mol. The molecule has 0 spiro atoms. The molecule has 0 saturated carbocycles. The molecule has 0 atom stereocenters. The normalized spacial score (nSPS) is 11.0. The van der Waals surface area contributed by atoms with Gasteiger partial charge in [0.05, 0.1) is 10.6 Å². The first-order valence-corrected chi connectivity index (χ1v) is 12.6. The summed E-state index contributed by atoms with van der Waals surface area (Å²) in [5.41, 5.74) is 1.65. The van der Waals surface area contributed by atoms with Crippen LogP contribution in [0.5, 0.6) is 11.5 Å². The summed E-state index contributed by atoms with van der Waals surface area (Å²) >= 11 is 6.06. The number of nitrogens with zero attached hydrogens (tertiary/aromatic N) is 1. The van der Waals surface area contributed by atoms with Gasteiger partial charge in [0.2, 0.25) is 5.91 Å². The number of ether oxygens (including phenoxy) is 1. The summed E-state index contributed by atoms with van der Waals surface area (Å²) in [5.74, 6) is 0.695. The summed E-state index contributed by atoms with van der Waals surface area (Å²) in [5, 5.41) is 3.23. The second-order valence-electron chi connectivity index (χ2n) is 7.74. The standard InChI is InChI=1S/C27H23ClN2O4S/c1-20-12-13-21(28)18-26(20)29-27(31)19-30(35(32,33)25-10-6-3-7-11-25)22-14-16-24(17-15-22)34-23-8-4-2-5-9-23/h2-18H,19H2,1H3,(H,29,31). The first kappa shape index (κ1) is 24.3. The van der Waals surface area contributed by atoms with E-state index >= 15 is 0 Å². The largest absolute Gasteiger partial charge is 0.457 e. The Hall–Kier alpha value is -3.81. The molecule has 0 aliphatic rings. The van der Waals surface area contributed by atoms with E-state index in [2.05, 4.69) is 5.32 Å². The van der Waals surface area contributed by atoms with Gasteiger partial charge in [-0.05, 0) is 73.2 Å². The summed E-state index contributed by atoms with van der Waals surface area (Å²) in [6, 6.07) is 28.9. The lowest BCUT2D eigenvalue weighted by atomic mass is 10.2. The molecule has 178 valence electrons. The molecule has 4 aromatic rings. The Kier molecular flexibility index (Phi) is 7.39. The number of hydrogen-bond acceptors (Lipinski definition) is 4. The quantitative estimate of drug-likeness (QED) is 0.305. The van der Waals surface area contributed by atoms with Crippen LogP contribution in [0.4, 0.5) is 11.4 Å². The fraction of sp³-hybridized carbons (Fsp3) is 0.0741. The fourth-order valence-electron chi connectivity index (χ4n) is 3.39. The minimum atomic E-state index is -4.03. The number of amides is 1. The molecule has 0 aliphatic heterocycles. The van der Waals surface area contributed by atoms with E-state index in [9.17, 15) is 13.2 Å². The van der Waals surface area contributed by atoms with Crippen LogP contribution in [0.25, 0.3) is 0 Å². The van der Waals surface area contributed by atoms with E-state index in [0.717, 1.165) is 9.87 Å². The molecule has 0 fully saturated rings. The molecule has 0 radical (unpaired) electrons. The lowest BCUT2D eigenvalue weighted by Crippen LogP contribution is -2.38. The first-order valence-electron chi connectivity index (χ1n) is 10.8. The van der Waals surface area contributed by atoms with E-state index in [1.54, 1.807) is 60.7 Å². The zero-order valence-corrected chi connectivity index (χ0v) is 20.5. The third-order valence-corrected chi connectivity index (χ3v) is 7.22. The lowest BCUT2D eigenvalue weighted by molar-refractivity contribution is -0.114. The number of rotatable bonds is 8. The number of carbonyl (C=O) groups excluding carboxylic acids is 1. The molecule has 1 N–H and O–H groups in total. The number of anilines is 2. The third-order valence-electron chi connectivity index (χ3n) is 5.20. The van der Waals surface area contributed by atoms with Gasteiger partial charge in [-0.1, -0.05) is 54.1 Å². The van der Waals surface area contributed by atoms with Crippen LogP contribution in [0, 0.1) is 6.92 Å². The van der Waals surface area contributed by atoms with Crippen molar-refractivity contribution in [2.45, 2.75) is 11.8 Å². The minimum Gasteiger partial charge on any atom is -0.457 e. The van der Waals surface area contributed by atoms with Crippen molar-refractivity contribution in [1.82, 2.24) is 0 Å². The summed E-state index contributed by atoms with van der Waals surface area (Å²) in [6.45, 7) is 1.40. The van der Waals surface area contributed by atoms with Crippen molar-refractivity contribution in [3.8, 4) is 11.5 Å². The molecule has 0 heterocycles. The van der Waals surface area contributed by atoms with Crippen LogP contribution in [0.2, 0.25) is 5.02 Å².